The van der Waals surface area contributed by atoms with E-state index in [0.29, 0.717) is 12.0 Å². The Balaban J connectivity index is 2.21. The number of benzene rings is 1. The number of likely N-dealkylation sites (N-methyl/N-ethyl adjacent to an activating group) is 1. The van der Waals surface area contributed by atoms with Gasteiger partial charge in [0, 0.05) is 12.3 Å². The molecule has 0 bridgehead atoms. The second-order valence-corrected chi connectivity index (χ2v) is 4.70. The molecule has 1 heterocycles. The van der Waals surface area contributed by atoms with Crippen molar-refractivity contribution in [2.75, 3.05) is 13.2 Å². The highest BCUT2D eigenvalue weighted by atomic mass is 16.5. The Morgan fingerprint density at radius 3 is 2.56 bits per heavy atom. The van der Waals surface area contributed by atoms with Gasteiger partial charge in [-0.1, -0.05) is 44.2 Å². The highest BCUT2D eigenvalue weighted by Gasteiger charge is 2.27. The SMILES string of the molecule is CCNC(C1=CCCO1)C(CC)c1ccccc1. The molecule has 1 aliphatic rings. The first-order valence-electron chi connectivity index (χ1n) is 6.98. The fourth-order valence-electron chi connectivity index (χ4n) is 2.68. The average molecular weight is 245 g/mol. The fourth-order valence-corrected chi connectivity index (χ4v) is 2.68. The quantitative estimate of drug-likeness (QED) is 0.828. The highest BCUT2D eigenvalue weighted by Crippen LogP contribution is 2.29. The Morgan fingerprint density at radius 1 is 1.22 bits per heavy atom. The standard InChI is InChI=1S/C16H23NO/c1-3-14(13-9-6-5-7-10-13)16(17-4-2)15-11-8-12-18-15/h5-7,9-11,14,16-17H,3-4,8,12H2,1-2H3. The number of ether oxygens (including phenoxy) is 1. The van der Waals surface area contributed by atoms with Crippen LogP contribution in [0.4, 0.5) is 0 Å². The van der Waals surface area contributed by atoms with Gasteiger partial charge in [0.1, 0.15) is 5.76 Å². The van der Waals surface area contributed by atoms with Crippen molar-refractivity contribution < 1.29 is 4.74 Å². The summed E-state index contributed by atoms with van der Waals surface area (Å²) < 4.78 is 5.77. The molecule has 2 unspecified atom stereocenters. The normalized spacial score (nSPS) is 18.0. The molecule has 0 radical (unpaired) electrons. The minimum atomic E-state index is 0.310. The lowest BCUT2D eigenvalue weighted by Crippen LogP contribution is -2.36. The van der Waals surface area contributed by atoms with Crippen molar-refractivity contribution in [3.8, 4) is 0 Å². The zero-order chi connectivity index (χ0) is 12.8. The summed E-state index contributed by atoms with van der Waals surface area (Å²) in [5.74, 6) is 1.61. The zero-order valence-electron chi connectivity index (χ0n) is 11.4. The van der Waals surface area contributed by atoms with E-state index < -0.39 is 0 Å². The molecule has 2 heteroatoms. The lowest BCUT2D eigenvalue weighted by Gasteiger charge is -2.28. The van der Waals surface area contributed by atoms with E-state index in [1.165, 1.54) is 5.56 Å². The Bertz CT molecular complexity index is 385. The Labute approximate surface area is 110 Å². The Hall–Kier alpha value is -1.28. The molecule has 2 nitrogen and oxygen atoms in total. The van der Waals surface area contributed by atoms with Crippen molar-refractivity contribution in [3.05, 3.63) is 47.7 Å². The number of hydrogen-bond acceptors (Lipinski definition) is 2. The van der Waals surface area contributed by atoms with Crippen LogP contribution >= 0.6 is 0 Å². The Morgan fingerprint density at radius 2 is 2.00 bits per heavy atom. The molecule has 1 N–H and O–H groups in total. The molecule has 0 aromatic heterocycles. The summed E-state index contributed by atoms with van der Waals surface area (Å²) in [7, 11) is 0. The van der Waals surface area contributed by atoms with Crippen molar-refractivity contribution in [3.63, 3.8) is 0 Å². The molecular weight excluding hydrogens is 222 g/mol. The van der Waals surface area contributed by atoms with Gasteiger partial charge in [-0.25, -0.2) is 0 Å². The van der Waals surface area contributed by atoms with Crippen molar-refractivity contribution in [2.45, 2.75) is 38.6 Å². The maximum Gasteiger partial charge on any atom is 0.110 e. The van der Waals surface area contributed by atoms with Crippen LogP contribution in [-0.2, 0) is 4.74 Å². The second-order valence-electron chi connectivity index (χ2n) is 4.70. The molecule has 0 spiro atoms. The molecule has 2 atom stereocenters. The molecule has 0 fully saturated rings. The molecule has 0 amide bonds. The maximum atomic E-state index is 5.77. The molecule has 98 valence electrons. The van der Waals surface area contributed by atoms with Crippen molar-refractivity contribution >= 4 is 0 Å². The number of rotatable bonds is 6. The van der Waals surface area contributed by atoms with Crippen LogP contribution in [0.15, 0.2) is 42.2 Å². The predicted octanol–water partition coefficient (Wildman–Crippen LogP) is 3.46. The lowest BCUT2D eigenvalue weighted by molar-refractivity contribution is 0.205. The largest absolute Gasteiger partial charge is 0.496 e. The van der Waals surface area contributed by atoms with Gasteiger partial charge < -0.3 is 10.1 Å². The fraction of sp³-hybridized carbons (Fsp3) is 0.500. The molecule has 0 aliphatic carbocycles. The number of hydrogen-bond donors (Lipinski definition) is 1. The summed E-state index contributed by atoms with van der Waals surface area (Å²) in [6.07, 6.45) is 4.39. The first kappa shape index (κ1) is 13.2. The van der Waals surface area contributed by atoms with Crippen LogP contribution < -0.4 is 5.32 Å². The third kappa shape index (κ3) is 2.94. The van der Waals surface area contributed by atoms with Crippen molar-refractivity contribution in [1.29, 1.82) is 0 Å². The van der Waals surface area contributed by atoms with Crippen LogP contribution in [0.25, 0.3) is 0 Å². The van der Waals surface area contributed by atoms with Crippen LogP contribution in [0.5, 0.6) is 0 Å². The van der Waals surface area contributed by atoms with Gasteiger partial charge in [-0.3, -0.25) is 0 Å². The molecular formula is C16H23NO. The van der Waals surface area contributed by atoms with E-state index in [0.717, 1.165) is 31.8 Å². The van der Waals surface area contributed by atoms with Crippen molar-refractivity contribution in [2.24, 2.45) is 0 Å². The van der Waals surface area contributed by atoms with Gasteiger partial charge in [0.05, 0.1) is 12.6 Å². The monoisotopic (exact) mass is 245 g/mol. The van der Waals surface area contributed by atoms with Gasteiger partial charge in [0.15, 0.2) is 0 Å². The van der Waals surface area contributed by atoms with Gasteiger partial charge in [-0.2, -0.15) is 0 Å². The Kier molecular flexibility index (Phi) is 4.82. The van der Waals surface area contributed by atoms with E-state index in [1.54, 1.807) is 0 Å². The van der Waals surface area contributed by atoms with Crippen LogP contribution in [0, 0.1) is 0 Å². The third-order valence-electron chi connectivity index (χ3n) is 3.53. The van der Waals surface area contributed by atoms with Gasteiger partial charge in [0.2, 0.25) is 0 Å². The van der Waals surface area contributed by atoms with Crippen LogP contribution in [0.3, 0.4) is 0 Å². The molecule has 18 heavy (non-hydrogen) atoms. The first-order chi connectivity index (χ1) is 8.86. The van der Waals surface area contributed by atoms with Crippen LogP contribution in [0.1, 0.15) is 38.2 Å². The van der Waals surface area contributed by atoms with Crippen LogP contribution in [-0.4, -0.2) is 19.2 Å². The smallest absolute Gasteiger partial charge is 0.110 e. The average Bonchev–Trinajstić information content (AvgIpc) is 2.93. The zero-order valence-corrected chi connectivity index (χ0v) is 11.4. The van der Waals surface area contributed by atoms with Gasteiger partial charge in [0.25, 0.3) is 0 Å². The molecule has 1 aromatic rings. The van der Waals surface area contributed by atoms with E-state index in [-0.39, 0.29) is 0 Å². The third-order valence-corrected chi connectivity index (χ3v) is 3.53. The maximum absolute atomic E-state index is 5.77. The summed E-state index contributed by atoms with van der Waals surface area (Å²) in [5, 5.41) is 3.58. The second kappa shape index (κ2) is 6.60. The lowest BCUT2D eigenvalue weighted by atomic mass is 9.88. The molecule has 0 saturated heterocycles. The first-order valence-corrected chi connectivity index (χ1v) is 6.98. The molecule has 0 saturated carbocycles. The summed E-state index contributed by atoms with van der Waals surface area (Å²) >= 11 is 0. The van der Waals surface area contributed by atoms with Gasteiger partial charge in [-0.15, -0.1) is 0 Å². The summed E-state index contributed by atoms with van der Waals surface area (Å²) in [4.78, 5) is 0. The van der Waals surface area contributed by atoms with E-state index in [1.807, 2.05) is 0 Å². The topological polar surface area (TPSA) is 21.3 Å². The molecule has 2 rings (SSSR count). The number of nitrogens with one attached hydrogen (secondary N) is 1. The van der Waals surface area contributed by atoms with E-state index >= 15 is 0 Å². The predicted molar refractivity (Wildman–Crippen MR) is 75.6 cm³/mol. The van der Waals surface area contributed by atoms with E-state index in [4.69, 9.17) is 4.74 Å². The summed E-state index contributed by atoms with van der Waals surface area (Å²) in [6.45, 7) is 6.20. The van der Waals surface area contributed by atoms with Gasteiger partial charge >= 0.3 is 0 Å². The van der Waals surface area contributed by atoms with Gasteiger partial charge in [-0.05, 0) is 24.6 Å². The van der Waals surface area contributed by atoms with E-state index in [2.05, 4.69) is 55.6 Å². The minimum Gasteiger partial charge on any atom is -0.496 e. The summed E-state index contributed by atoms with van der Waals surface area (Å²) in [5.41, 5.74) is 1.39. The molecule has 1 aliphatic heterocycles. The van der Waals surface area contributed by atoms with Crippen molar-refractivity contribution in [1.82, 2.24) is 5.32 Å². The van der Waals surface area contributed by atoms with Crippen LogP contribution in [0.2, 0.25) is 0 Å². The van der Waals surface area contributed by atoms with E-state index in [9.17, 15) is 0 Å². The molecule has 1 aromatic carbocycles. The minimum absolute atomic E-state index is 0.310. The highest BCUT2D eigenvalue weighted by molar-refractivity contribution is 5.25. The summed E-state index contributed by atoms with van der Waals surface area (Å²) in [6, 6.07) is 11.0.